The van der Waals surface area contributed by atoms with Crippen molar-refractivity contribution in [2.24, 2.45) is 5.41 Å². The van der Waals surface area contributed by atoms with Crippen LogP contribution in [0.5, 0.6) is 0 Å². The highest BCUT2D eigenvalue weighted by Crippen LogP contribution is 2.49. The first-order valence-corrected chi connectivity index (χ1v) is 10.7. The van der Waals surface area contributed by atoms with E-state index in [4.69, 9.17) is 9.26 Å². The standard InChI is InChI=1S/C21H24FN5O5/c1-4-26(5-2)17-12-8-11-9-21(18(28)23-20(30)24-19(21)29)16-10(3)31-7-6-27(16)14(11)13(22)15(12)32-25-17/h8,10,16H,4-7,9H2,1-3H3,(H2,23,24,28,29,30)/t10-,16+/m0/s1. The van der Waals surface area contributed by atoms with Crippen LogP contribution in [-0.2, 0) is 20.7 Å². The van der Waals surface area contributed by atoms with Crippen LogP contribution < -0.4 is 20.4 Å². The molecule has 2 aromatic rings. The molecular formula is C21H24FN5O5. The molecule has 2 atom stereocenters. The predicted molar refractivity (Wildman–Crippen MR) is 112 cm³/mol. The third-order valence-electron chi connectivity index (χ3n) is 6.82. The third-order valence-corrected chi connectivity index (χ3v) is 6.82. The van der Waals surface area contributed by atoms with Crippen molar-refractivity contribution in [3.63, 3.8) is 0 Å². The second kappa shape index (κ2) is 7.16. The van der Waals surface area contributed by atoms with Crippen LogP contribution in [0.4, 0.5) is 20.7 Å². The van der Waals surface area contributed by atoms with Gasteiger partial charge >= 0.3 is 6.03 Å². The molecule has 0 saturated carbocycles. The topological polar surface area (TPSA) is 117 Å². The molecule has 1 aromatic heterocycles. The lowest BCUT2D eigenvalue weighted by Crippen LogP contribution is -2.74. The number of morpholine rings is 1. The summed E-state index contributed by atoms with van der Waals surface area (Å²) in [5.41, 5.74) is -0.847. The van der Waals surface area contributed by atoms with Crippen LogP contribution in [0, 0.1) is 11.2 Å². The Morgan fingerprint density at radius 2 is 1.94 bits per heavy atom. The van der Waals surface area contributed by atoms with Crippen molar-refractivity contribution in [1.29, 1.82) is 0 Å². The summed E-state index contributed by atoms with van der Waals surface area (Å²) in [6.45, 7) is 7.53. The number of ether oxygens (including phenoxy) is 1. The number of aromatic nitrogens is 1. The van der Waals surface area contributed by atoms with Gasteiger partial charge in [0.05, 0.1) is 29.8 Å². The van der Waals surface area contributed by atoms with E-state index < -0.39 is 41.2 Å². The molecule has 1 spiro atoms. The van der Waals surface area contributed by atoms with Crippen molar-refractivity contribution in [1.82, 2.24) is 15.8 Å². The minimum Gasteiger partial charge on any atom is -0.374 e. The van der Waals surface area contributed by atoms with E-state index >= 15 is 4.39 Å². The smallest absolute Gasteiger partial charge is 0.328 e. The number of halogens is 1. The number of amides is 4. The number of hydrogen-bond acceptors (Lipinski definition) is 8. The summed E-state index contributed by atoms with van der Waals surface area (Å²) in [6.07, 6.45) is -0.643. The van der Waals surface area contributed by atoms with Crippen LogP contribution in [0.25, 0.3) is 11.0 Å². The van der Waals surface area contributed by atoms with Crippen LogP contribution in [0.2, 0.25) is 0 Å². The Morgan fingerprint density at radius 1 is 1.25 bits per heavy atom. The first-order chi connectivity index (χ1) is 15.3. The summed E-state index contributed by atoms with van der Waals surface area (Å²) in [7, 11) is 0. The largest absolute Gasteiger partial charge is 0.374 e. The summed E-state index contributed by atoms with van der Waals surface area (Å²) in [5, 5.41) is 9.02. The van der Waals surface area contributed by atoms with Gasteiger partial charge in [0, 0.05) is 26.1 Å². The van der Waals surface area contributed by atoms with Crippen molar-refractivity contribution in [3.8, 4) is 0 Å². The molecular weight excluding hydrogens is 421 g/mol. The maximum absolute atomic E-state index is 15.9. The molecule has 10 nitrogen and oxygen atoms in total. The molecule has 1 aromatic carbocycles. The number of carbonyl (C=O) groups is 3. The molecule has 4 amide bonds. The molecule has 0 bridgehead atoms. The summed E-state index contributed by atoms with van der Waals surface area (Å²) < 4.78 is 27.0. The number of imide groups is 2. The van der Waals surface area contributed by atoms with Crippen molar-refractivity contribution < 1.29 is 28.0 Å². The quantitative estimate of drug-likeness (QED) is 0.680. The van der Waals surface area contributed by atoms with Gasteiger partial charge in [0.25, 0.3) is 0 Å². The lowest BCUT2D eigenvalue weighted by Gasteiger charge is -2.54. The van der Waals surface area contributed by atoms with E-state index in [2.05, 4.69) is 15.8 Å². The molecule has 32 heavy (non-hydrogen) atoms. The Hall–Kier alpha value is -3.21. The second-order valence-electron chi connectivity index (χ2n) is 8.35. The summed E-state index contributed by atoms with van der Waals surface area (Å²) in [6, 6.07) is 0.0818. The lowest BCUT2D eigenvalue weighted by molar-refractivity contribution is -0.151. The molecule has 11 heteroatoms. The minimum absolute atomic E-state index is 0.0345. The molecule has 2 saturated heterocycles. The number of fused-ring (bicyclic) bond motifs is 5. The molecule has 3 aliphatic rings. The van der Waals surface area contributed by atoms with E-state index in [-0.39, 0.29) is 24.2 Å². The molecule has 5 rings (SSSR count). The van der Waals surface area contributed by atoms with E-state index in [1.54, 1.807) is 17.9 Å². The molecule has 3 aliphatic heterocycles. The van der Waals surface area contributed by atoms with Gasteiger partial charge in [-0.15, -0.1) is 0 Å². The minimum atomic E-state index is -1.65. The molecule has 4 heterocycles. The number of benzene rings is 1. The number of barbiturate groups is 1. The summed E-state index contributed by atoms with van der Waals surface area (Å²) in [5.74, 6) is -1.49. The van der Waals surface area contributed by atoms with E-state index in [1.165, 1.54) is 0 Å². The maximum atomic E-state index is 15.9. The zero-order valence-electron chi connectivity index (χ0n) is 18.0. The van der Waals surface area contributed by atoms with E-state index in [0.717, 1.165) is 0 Å². The van der Waals surface area contributed by atoms with Crippen LogP contribution >= 0.6 is 0 Å². The highest BCUT2D eigenvalue weighted by molar-refractivity contribution is 6.20. The first kappa shape index (κ1) is 20.7. The van der Waals surface area contributed by atoms with Crippen molar-refractivity contribution >= 4 is 40.3 Å². The molecule has 2 fully saturated rings. The van der Waals surface area contributed by atoms with Gasteiger partial charge in [0.2, 0.25) is 17.4 Å². The fourth-order valence-corrected chi connectivity index (χ4v) is 5.40. The van der Waals surface area contributed by atoms with Crippen molar-refractivity contribution in [2.75, 3.05) is 36.0 Å². The fourth-order valence-electron chi connectivity index (χ4n) is 5.40. The number of nitrogens with zero attached hydrogens (tertiary/aromatic N) is 3. The zero-order chi connectivity index (χ0) is 22.8. The molecule has 170 valence electrons. The number of carbonyl (C=O) groups excluding carboxylic acids is 3. The van der Waals surface area contributed by atoms with Gasteiger partial charge in [0.15, 0.2) is 17.1 Å². The van der Waals surface area contributed by atoms with Gasteiger partial charge in [-0.25, -0.2) is 9.18 Å². The average Bonchev–Trinajstić information content (AvgIpc) is 3.17. The number of rotatable bonds is 3. The zero-order valence-corrected chi connectivity index (χ0v) is 18.0. The Kier molecular flexibility index (Phi) is 4.63. The van der Waals surface area contributed by atoms with Crippen molar-refractivity contribution in [3.05, 3.63) is 17.4 Å². The Balaban J connectivity index is 1.75. The molecule has 2 N–H and O–H groups in total. The Bertz CT molecular complexity index is 1120. The number of anilines is 2. The van der Waals surface area contributed by atoms with Crippen LogP contribution in [-0.4, -0.2) is 61.4 Å². The van der Waals surface area contributed by atoms with Gasteiger partial charge in [-0.05, 0) is 32.4 Å². The predicted octanol–water partition coefficient (Wildman–Crippen LogP) is 1.32. The fraction of sp³-hybridized carbons (Fsp3) is 0.524. The number of nitrogens with one attached hydrogen (secondary N) is 2. The Morgan fingerprint density at radius 3 is 2.59 bits per heavy atom. The van der Waals surface area contributed by atoms with E-state index in [0.29, 0.717) is 36.5 Å². The SMILES string of the molecule is CCN(CC)c1noc2c(F)c3c(cc12)CC1(C(=O)NC(=O)NC1=O)[C@H]1[C@H](C)OCCN31. The van der Waals surface area contributed by atoms with E-state index in [1.807, 2.05) is 18.7 Å². The van der Waals surface area contributed by atoms with Crippen LogP contribution in [0.15, 0.2) is 10.6 Å². The highest BCUT2D eigenvalue weighted by Gasteiger charge is 2.62. The lowest BCUT2D eigenvalue weighted by atomic mass is 9.66. The van der Waals surface area contributed by atoms with Crippen molar-refractivity contribution in [2.45, 2.75) is 39.3 Å². The summed E-state index contributed by atoms with van der Waals surface area (Å²) in [4.78, 5) is 41.7. The molecule has 0 aliphatic carbocycles. The number of hydrogen-bond donors (Lipinski definition) is 2. The van der Waals surface area contributed by atoms with Gasteiger partial charge < -0.3 is 19.1 Å². The van der Waals surface area contributed by atoms with Gasteiger partial charge in [-0.3, -0.25) is 20.2 Å². The first-order valence-electron chi connectivity index (χ1n) is 10.7. The van der Waals surface area contributed by atoms with E-state index in [9.17, 15) is 14.4 Å². The third kappa shape index (κ3) is 2.60. The number of urea groups is 1. The van der Waals surface area contributed by atoms with Crippen LogP contribution in [0.3, 0.4) is 0 Å². The van der Waals surface area contributed by atoms with Gasteiger partial charge in [-0.2, -0.15) is 0 Å². The normalized spacial score (nSPS) is 24.2. The molecule has 0 radical (unpaired) electrons. The highest BCUT2D eigenvalue weighted by atomic mass is 19.1. The summed E-state index contributed by atoms with van der Waals surface area (Å²) >= 11 is 0. The van der Waals surface area contributed by atoms with Crippen LogP contribution in [0.1, 0.15) is 26.3 Å². The second-order valence-corrected chi connectivity index (χ2v) is 8.35. The van der Waals surface area contributed by atoms with Gasteiger partial charge in [0.1, 0.15) is 0 Å². The average molecular weight is 445 g/mol. The van der Waals surface area contributed by atoms with Gasteiger partial charge in [-0.1, -0.05) is 5.16 Å². The molecule has 0 unspecified atom stereocenters. The Labute approximate surface area is 183 Å². The maximum Gasteiger partial charge on any atom is 0.328 e. The monoisotopic (exact) mass is 445 g/mol.